The molecule has 0 bridgehead atoms. The number of anilines is 6. The summed E-state index contributed by atoms with van der Waals surface area (Å²) < 4.78 is 0. The van der Waals surface area contributed by atoms with Crippen LogP contribution in [-0.2, 0) is 5.41 Å². The van der Waals surface area contributed by atoms with Gasteiger partial charge in [-0.2, -0.15) is 0 Å². The second kappa shape index (κ2) is 13.1. The van der Waals surface area contributed by atoms with Crippen molar-refractivity contribution in [3.8, 4) is 33.4 Å². The number of rotatable bonds is 7. The number of hydrogen-bond donors (Lipinski definition) is 0. The molecule has 1 fully saturated rings. The van der Waals surface area contributed by atoms with Crippen LogP contribution in [0.5, 0.6) is 0 Å². The van der Waals surface area contributed by atoms with Crippen molar-refractivity contribution >= 4 is 64.8 Å². The summed E-state index contributed by atoms with van der Waals surface area (Å²) in [7, 11) is 0.601. The Morgan fingerprint density at radius 3 is 1.40 bits per heavy atom. The molecule has 1 saturated carbocycles. The van der Waals surface area contributed by atoms with Crippen molar-refractivity contribution in [1.29, 1.82) is 0 Å². The van der Waals surface area contributed by atoms with Crippen molar-refractivity contribution in [2.24, 2.45) is 0 Å². The molecule has 0 saturated heterocycles. The van der Waals surface area contributed by atoms with E-state index in [0.717, 1.165) is 11.4 Å². The summed E-state index contributed by atoms with van der Waals surface area (Å²) in [6, 6.07) is 76.2. The number of hydrogen-bond acceptors (Lipinski definition) is 2. The Kier molecular flexibility index (Phi) is 7.48. The van der Waals surface area contributed by atoms with Gasteiger partial charge >= 0.3 is 0 Å². The molecule has 272 valence electrons. The summed E-state index contributed by atoms with van der Waals surface area (Å²) >= 11 is 0. The quantitative estimate of drug-likeness (QED) is 0.150. The van der Waals surface area contributed by atoms with Crippen LogP contribution in [0.15, 0.2) is 206 Å². The zero-order chi connectivity index (χ0) is 38.2. The molecule has 3 heteroatoms. The van der Waals surface area contributed by atoms with E-state index in [1.165, 1.54) is 101 Å². The van der Waals surface area contributed by atoms with Crippen molar-refractivity contribution < 1.29 is 0 Å². The third-order valence-electron chi connectivity index (χ3n) is 12.6. The van der Waals surface area contributed by atoms with Gasteiger partial charge in [-0.15, -0.1) is 0 Å². The molecule has 0 unspecified atom stereocenters. The summed E-state index contributed by atoms with van der Waals surface area (Å²) in [6.07, 6.45) is 2.35. The molecule has 2 nitrogen and oxygen atoms in total. The molecule has 58 heavy (non-hydrogen) atoms. The molecule has 0 N–H and O–H groups in total. The third kappa shape index (κ3) is 5.17. The predicted octanol–water partition coefficient (Wildman–Crippen LogP) is 13.1. The Morgan fingerprint density at radius 2 is 0.828 bits per heavy atom. The fourth-order valence-corrected chi connectivity index (χ4v) is 11.2. The molecule has 0 amide bonds. The molecular weight excluding hydrogens is 717 g/mol. The van der Waals surface area contributed by atoms with Gasteiger partial charge in [0.25, 0.3) is 0 Å². The first-order chi connectivity index (χ1) is 28.7. The highest BCUT2D eigenvalue weighted by atomic mass is 28.2. The average Bonchev–Trinajstić information content (AvgIpc) is 4.01. The van der Waals surface area contributed by atoms with Crippen molar-refractivity contribution in [3.63, 3.8) is 0 Å². The first-order valence-electron chi connectivity index (χ1n) is 20.3. The largest absolute Gasteiger partial charge is 0.311 e. The number of fused-ring (bicyclic) bond motifs is 7. The van der Waals surface area contributed by atoms with Crippen LogP contribution in [0.2, 0.25) is 0 Å². The van der Waals surface area contributed by atoms with E-state index >= 15 is 0 Å². The van der Waals surface area contributed by atoms with Gasteiger partial charge < -0.3 is 9.80 Å². The topological polar surface area (TPSA) is 6.48 Å². The monoisotopic (exact) mass is 754 g/mol. The fourth-order valence-electron chi connectivity index (χ4n) is 9.80. The van der Waals surface area contributed by atoms with Gasteiger partial charge in [-0.25, -0.2) is 0 Å². The van der Waals surface area contributed by atoms with Crippen LogP contribution >= 0.6 is 0 Å². The van der Waals surface area contributed by atoms with Crippen LogP contribution in [0.3, 0.4) is 0 Å². The van der Waals surface area contributed by atoms with Gasteiger partial charge in [-0.3, -0.25) is 0 Å². The minimum absolute atomic E-state index is 0.0432. The Balaban J connectivity index is 0.926. The lowest BCUT2D eigenvalue weighted by Gasteiger charge is -2.32. The lowest BCUT2D eigenvalue weighted by molar-refractivity contribution is 0.853. The summed E-state index contributed by atoms with van der Waals surface area (Å²) in [5, 5.41) is 5.62. The van der Waals surface area contributed by atoms with Crippen LogP contribution < -0.4 is 20.2 Å². The average molecular weight is 755 g/mol. The first kappa shape index (κ1) is 33.2. The lowest BCUT2D eigenvalue weighted by atomic mass is 9.73. The second-order valence-electron chi connectivity index (χ2n) is 15.8. The molecule has 1 spiro atoms. The maximum atomic E-state index is 2.49. The molecule has 2 radical (unpaired) electrons. The minimum Gasteiger partial charge on any atom is -0.311 e. The summed E-state index contributed by atoms with van der Waals surface area (Å²) in [6.45, 7) is 0. The maximum absolute atomic E-state index is 2.49. The molecule has 2 aliphatic carbocycles. The minimum atomic E-state index is 0.0432. The first-order valence-corrected chi connectivity index (χ1v) is 21.3. The maximum Gasteiger partial charge on any atom is 0.123 e. The van der Waals surface area contributed by atoms with Crippen molar-refractivity contribution in [1.82, 2.24) is 0 Å². The van der Waals surface area contributed by atoms with Crippen LogP contribution in [0.4, 0.5) is 34.1 Å². The van der Waals surface area contributed by atoms with Gasteiger partial charge in [-0.05, 0) is 146 Å². The number of para-hydroxylation sites is 4. The molecule has 9 aromatic rings. The van der Waals surface area contributed by atoms with Gasteiger partial charge in [-0.1, -0.05) is 139 Å². The SMILES string of the molecule is c1ccc(N(c2ccccc2)c2ccc3c(c2)[Si]c2cc(-c4ccc5c6c(cccc46)C4(CC4)c4cc(N(c6ccccc6)c6ccccc6)ccc4-5)ccc2-3)cc1. The highest BCUT2D eigenvalue weighted by Gasteiger charge is 2.50. The van der Waals surface area contributed by atoms with E-state index in [9.17, 15) is 0 Å². The predicted molar refractivity (Wildman–Crippen MR) is 245 cm³/mol. The zero-order valence-corrected chi connectivity index (χ0v) is 32.9. The van der Waals surface area contributed by atoms with Crippen LogP contribution in [-0.4, -0.2) is 9.52 Å². The van der Waals surface area contributed by atoms with Gasteiger partial charge in [0.2, 0.25) is 0 Å². The fraction of sp³-hybridized carbons (Fsp3) is 0.0545. The molecular formula is C55H38N2Si. The highest BCUT2D eigenvalue weighted by Crippen LogP contribution is 2.62. The van der Waals surface area contributed by atoms with Crippen molar-refractivity contribution in [3.05, 3.63) is 217 Å². The summed E-state index contributed by atoms with van der Waals surface area (Å²) in [5.41, 5.74) is 18.1. The highest BCUT2D eigenvalue weighted by molar-refractivity contribution is 6.73. The van der Waals surface area contributed by atoms with Gasteiger partial charge in [0, 0.05) is 39.5 Å². The smallest absolute Gasteiger partial charge is 0.123 e. The third-order valence-corrected chi connectivity index (χ3v) is 13.9. The van der Waals surface area contributed by atoms with Crippen molar-refractivity contribution in [2.75, 3.05) is 9.80 Å². The van der Waals surface area contributed by atoms with Crippen LogP contribution in [0.1, 0.15) is 24.0 Å². The lowest BCUT2D eigenvalue weighted by Crippen LogP contribution is -2.22. The standard InChI is InChI=1S/C55H38N2Si/c1-5-14-38(15-6-1)56(39-16-7-2-8-17-39)42-25-28-45-49-31-30-44(48-22-13-23-50(54(48)49)55(32-33-55)51(45)35-42)37-24-27-46-47-29-26-43(36-53(47)58-52(46)34-37)57(40-18-9-3-10-19-40)41-20-11-4-12-21-41/h1-31,34-36H,32-33H2. The zero-order valence-electron chi connectivity index (χ0n) is 31.9. The summed E-state index contributed by atoms with van der Waals surface area (Å²) in [5.74, 6) is 0. The Labute approximate surface area is 342 Å². The molecule has 0 aromatic heterocycles. The molecule has 3 aliphatic rings. The Bertz CT molecular complexity index is 2950. The molecule has 1 aliphatic heterocycles. The van der Waals surface area contributed by atoms with E-state index in [0.29, 0.717) is 9.52 Å². The summed E-state index contributed by atoms with van der Waals surface area (Å²) in [4.78, 5) is 4.76. The Morgan fingerprint density at radius 1 is 0.345 bits per heavy atom. The molecule has 9 aromatic carbocycles. The van der Waals surface area contributed by atoms with Crippen LogP contribution in [0, 0.1) is 0 Å². The van der Waals surface area contributed by atoms with Gasteiger partial charge in [0.05, 0.1) is 0 Å². The molecule has 12 rings (SSSR count). The second-order valence-corrected chi connectivity index (χ2v) is 17.2. The van der Waals surface area contributed by atoms with E-state index in [-0.39, 0.29) is 5.41 Å². The molecule has 0 atom stereocenters. The molecule has 1 heterocycles. The normalized spacial score (nSPS) is 13.8. The van der Waals surface area contributed by atoms with E-state index < -0.39 is 0 Å². The van der Waals surface area contributed by atoms with E-state index in [4.69, 9.17) is 0 Å². The van der Waals surface area contributed by atoms with Crippen molar-refractivity contribution in [2.45, 2.75) is 18.3 Å². The van der Waals surface area contributed by atoms with Gasteiger partial charge in [0.15, 0.2) is 0 Å². The number of benzene rings is 9. The van der Waals surface area contributed by atoms with Crippen LogP contribution in [0.25, 0.3) is 44.2 Å². The van der Waals surface area contributed by atoms with E-state index in [1.54, 1.807) is 0 Å². The Hall–Kier alpha value is -6.94. The number of nitrogens with zero attached hydrogens (tertiary/aromatic N) is 2. The van der Waals surface area contributed by atoms with Gasteiger partial charge in [0.1, 0.15) is 9.52 Å². The van der Waals surface area contributed by atoms with E-state index in [1.807, 2.05) is 0 Å². The van der Waals surface area contributed by atoms with E-state index in [2.05, 4.69) is 216 Å².